The summed E-state index contributed by atoms with van der Waals surface area (Å²) in [6, 6.07) is 14.7. The molecule has 1 aliphatic rings. The van der Waals surface area contributed by atoms with Gasteiger partial charge in [0.15, 0.2) is 0 Å². The van der Waals surface area contributed by atoms with Gasteiger partial charge in [0.1, 0.15) is 0 Å². The largest absolute Gasteiger partial charge is 0.325 e. The predicted octanol–water partition coefficient (Wildman–Crippen LogP) is 3.79. The van der Waals surface area contributed by atoms with Crippen LogP contribution in [0.2, 0.25) is 5.02 Å². The Bertz CT molecular complexity index is 1150. The van der Waals surface area contributed by atoms with Gasteiger partial charge in [-0.2, -0.15) is 0 Å². The third-order valence-corrected chi connectivity index (χ3v) is 5.99. The third kappa shape index (κ3) is 3.56. The van der Waals surface area contributed by atoms with Crippen LogP contribution in [-0.2, 0) is 4.79 Å². The molecule has 29 heavy (non-hydrogen) atoms. The van der Waals surface area contributed by atoms with Crippen LogP contribution in [0.5, 0.6) is 0 Å². The van der Waals surface area contributed by atoms with Crippen molar-refractivity contribution in [2.24, 2.45) is 0 Å². The number of carbonyl (C=O) groups is 1. The van der Waals surface area contributed by atoms with Crippen LogP contribution in [0.3, 0.4) is 0 Å². The molecule has 0 bridgehead atoms. The maximum Gasteiger partial charge on any atom is 0.325 e. The number of hydrogen-bond acceptors (Lipinski definition) is 4. The predicted molar refractivity (Wildman–Crippen MR) is 114 cm³/mol. The average molecular weight is 428 g/mol. The lowest BCUT2D eigenvalue weighted by molar-refractivity contribution is -0.763. The molecular formula is C21H20ClN4O2S+. The number of aromatic nitrogens is 3. The number of aromatic amines is 1. The zero-order valence-electron chi connectivity index (χ0n) is 16.1. The van der Waals surface area contributed by atoms with Crippen LogP contribution < -0.4 is 15.1 Å². The van der Waals surface area contributed by atoms with Crippen LogP contribution in [0.4, 0.5) is 5.69 Å². The lowest BCUT2D eigenvalue weighted by Crippen LogP contribution is -2.60. The molecule has 2 heterocycles. The quantitative estimate of drug-likeness (QED) is 0.508. The molecule has 4 rings (SSSR count). The highest BCUT2D eigenvalue weighted by molar-refractivity contribution is 7.99. The summed E-state index contributed by atoms with van der Waals surface area (Å²) in [5.41, 5.74) is 2.30. The fourth-order valence-electron chi connectivity index (χ4n) is 3.54. The summed E-state index contributed by atoms with van der Waals surface area (Å²) in [5.74, 6) is 0.683. The van der Waals surface area contributed by atoms with Gasteiger partial charge in [-0.25, -0.2) is 4.90 Å². The molecule has 0 aliphatic carbocycles. The van der Waals surface area contributed by atoms with E-state index in [1.807, 2.05) is 36.4 Å². The van der Waals surface area contributed by atoms with E-state index < -0.39 is 6.17 Å². The molecule has 8 heteroatoms. The Kier molecular flexibility index (Phi) is 5.43. The first-order chi connectivity index (χ1) is 14.0. The first-order valence-corrected chi connectivity index (χ1v) is 10.7. The Hall–Kier alpha value is -2.64. The Balaban J connectivity index is 2.03. The van der Waals surface area contributed by atoms with Gasteiger partial charge in [-0.1, -0.05) is 54.6 Å². The molecule has 0 spiro atoms. The van der Waals surface area contributed by atoms with Crippen molar-refractivity contribution < 1.29 is 9.48 Å². The molecule has 0 saturated carbocycles. The molecule has 6 nitrogen and oxygen atoms in total. The second-order valence-electron chi connectivity index (χ2n) is 6.74. The number of thioether (sulfide) groups is 1. The molecule has 2 aromatic carbocycles. The summed E-state index contributed by atoms with van der Waals surface area (Å²) in [7, 11) is 0. The van der Waals surface area contributed by atoms with E-state index in [2.05, 4.69) is 11.9 Å². The monoisotopic (exact) mass is 427 g/mol. The maximum absolute atomic E-state index is 13.1. The highest BCUT2D eigenvalue weighted by Gasteiger charge is 2.44. The summed E-state index contributed by atoms with van der Waals surface area (Å²) in [4.78, 5) is 30.4. The van der Waals surface area contributed by atoms with Crippen molar-refractivity contribution in [3.63, 3.8) is 0 Å². The summed E-state index contributed by atoms with van der Waals surface area (Å²) in [6.07, 6.45) is 0.343. The smallest absolute Gasteiger partial charge is 0.291 e. The maximum atomic E-state index is 13.1. The van der Waals surface area contributed by atoms with E-state index in [1.54, 1.807) is 21.7 Å². The van der Waals surface area contributed by atoms with Gasteiger partial charge in [-0.15, -0.1) is 0 Å². The van der Waals surface area contributed by atoms with E-state index in [0.29, 0.717) is 27.1 Å². The molecule has 1 aliphatic heterocycles. The van der Waals surface area contributed by atoms with Crippen molar-refractivity contribution in [1.29, 1.82) is 0 Å². The van der Waals surface area contributed by atoms with E-state index >= 15 is 0 Å². The van der Waals surface area contributed by atoms with E-state index in [1.165, 1.54) is 18.7 Å². The van der Waals surface area contributed by atoms with E-state index in [-0.39, 0.29) is 11.5 Å². The highest BCUT2D eigenvalue weighted by atomic mass is 35.5. The molecule has 1 N–H and O–H groups in total. The topological polar surface area (TPSA) is 69.9 Å². The lowest BCUT2D eigenvalue weighted by Gasteiger charge is -2.31. The minimum absolute atomic E-state index is 0.148. The second-order valence-corrected chi connectivity index (χ2v) is 8.26. The van der Waals surface area contributed by atoms with Gasteiger partial charge >= 0.3 is 11.3 Å². The number of nitrogens with one attached hydrogen (secondary N) is 1. The van der Waals surface area contributed by atoms with Crippen molar-refractivity contribution in [3.8, 4) is 11.3 Å². The SMILES string of the molecule is CCCSc1n[n+]2c(c(=O)[nH]1)-c1ccccc1N(C(C)=O)C2c1cccc(Cl)c1. The number of hydrogen-bond donors (Lipinski definition) is 1. The molecule has 0 saturated heterocycles. The van der Waals surface area contributed by atoms with Crippen LogP contribution in [-0.4, -0.2) is 21.7 Å². The van der Waals surface area contributed by atoms with Crippen molar-refractivity contribution >= 4 is 35.0 Å². The third-order valence-electron chi connectivity index (χ3n) is 4.69. The number of carbonyl (C=O) groups excluding carboxylic acids is 1. The van der Waals surface area contributed by atoms with E-state index in [4.69, 9.17) is 16.7 Å². The number of H-pyrrole nitrogens is 1. The van der Waals surface area contributed by atoms with E-state index in [9.17, 15) is 9.59 Å². The van der Waals surface area contributed by atoms with Gasteiger partial charge in [0.2, 0.25) is 11.1 Å². The Morgan fingerprint density at radius 2 is 2.07 bits per heavy atom. The number of para-hydroxylation sites is 1. The van der Waals surface area contributed by atoms with Crippen LogP contribution in [0.25, 0.3) is 11.3 Å². The number of benzene rings is 2. The minimum Gasteiger partial charge on any atom is -0.291 e. The van der Waals surface area contributed by atoms with Gasteiger partial charge in [0, 0.05) is 28.4 Å². The molecule has 1 aromatic heterocycles. The number of halogens is 1. The second kappa shape index (κ2) is 8.00. The number of amides is 1. The van der Waals surface area contributed by atoms with Crippen LogP contribution in [0, 0.1) is 0 Å². The molecule has 3 aromatic rings. The molecule has 1 atom stereocenters. The highest BCUT2D eigenvalue weighted by Crippen LogP contribution is 2.37. The normalized spacial score (nSPS) is 15.0. The van der Waals surface area contributed by atoms with Crippen LogP contribution >= 0.6 is 23.4 Å². The number of anilines is 1. The Morgan fingerprint density at radius 1 is 1.28 bits per heavy atom. The molecular weight excluding hydrogens is 408 g/mol. The van der Waals surface area contributed by atoms with E-state index in [0.717, 1.165) is 17.7 Å². The molecule has 1 unspecified atom stereocenters. The first-order valence-electron chi connectivity index (χ1n) is 9.35. The van der Waals surface area contributed by atoms with Crippen LogP contribution in [0.1, 0.15) is 32.0 Å². The average Bonchev–Trinajstić information content (AvgIpc) is 2.70. The van der Waals surface area contributed by atoms with Crippen molar-refractivity contribution in [1.82, 2.24) is 10.1 Å². The Labute approximate surface area is 177 Å². The van der Waals surface area contributed by atoms with Crippen molar-refractivity contribution in [2.45, 2.75) is 31.6 Å². The molecule has 0 radical (unpaired) electrons. The minimum atomic E-state index is -0.612. The molecule has 148 valence electrons. The zero-order valence-corrected chi connectivity index (χ0v) is 17.6. The zero-order chi connectivity index (χ0) is 20.5. The van der Waals surface area contributed by atoms with Gasteiger partial charge < -0.3 is 0 Å². The summed E-state index contributed by atoms with van der Waals surface area (Å²) in [6.45, 7) is 3.58. The van der Waals surface area contributed by atoms with Gasteiger partial charge in [0.05, 0.1) is 11.3 Å². The Morgan fingerprint density at radius 3 is 2.79 bits per heavy atom. The lowest BCUT2D eigenvalue weighted by atomic mass is 10.0. The van der Waals surface area contributed by atoms with Gasteiger partial charge in [-0.3, -0.25) is 14.6 Å². The fraction of sp³-hybridized carbons (Fsp3) is 0.238. The summed E-state index contributed by atoms with van der Waals surface area (Å²) in [5, 5.41) is 5.79. The number of nitrogens with zero attached hydrogens (tertiary/aromatic N) is 3. The fourth-order valence-corrected chi connectivity index (χ4v) is 4.45. The van der Waals surface area contributed by atoms with Crippen molar-refractivity contribution in [3.05, 3.63) is 69.5 Å². The molecule has 0 fully saturated rings. The number of rotatable bonds is 4. The number of fused-ring (bicyclic) bond motifs is 3. The standard InChI is InChI=1S/C21H19ClN4O2S/c1-3-11-29-21-23-19(28)18-16-9-4-5-10-17(16)25(13(2)27)20(26(18)24-21)14-7-6-8-15(22)12-14/h4-10,12,20H,3,11H2,1-2H3/p+1. The first kappa shape index (κ1) is 19.7. The van der Waals surface area contributed by atoms with Gasteiger partial charge in [-0.05, 0) is 35.4 Å². The van der Waals surface area contributed by atoms with Crippen molar-refractivity contribution in [2.75, 3.05) is 10.7 Å². The van der Waals surface area contributed by atoms with Gasteiger partial charge in [0.25, 0.3) is 6.17 Å². The van der Waals surface area contributed by atoms with Crippen LogP contribution in [0.15, 0.2) is 58.5 Å². The summed E-state index contributed by atoms with van der Waals surface area (Å²) < 4.78 is 1.65. The summed E-state index contributed by atoms with van der Waals surface area (Å²) >= 11 is 7.73. The molecule has 1 amide bonds.